The number of benzene rings is 1. The van der Waals surface area contributed by atoms with Crippen molar-refractivity contribution in [2.75, 3.05) is 7.11 Å². The molecule has 0 atom stereocenters. The lowest BCUT2D eigenvalue weighted by molar-refractivity contribution is -0.138. The third kappa shape index (κ3) is 1.98. The second-order valence-electron chi connectivity index (χ2n) is 3.45. The van der Waals surface area contributed by atoms with Crippen molar-refractivity contribution < 1.29 is 22.7 Å². The van der Waals surface area contributed by atoms with E-state index >= 15 is 0 Å². The number of halogens is 3. The first-order valence-electron chi connectivity index (χ1n) is 4.70. The number of aromatic nitrogens is 1. The molecule has 0 unspecified atom stereocenters. The molecule has 0 amide bonds. The number of esters is 1. The van der Waals surface area contributed by atoms with Crippen molar-refractivity contribution in [3.63, 3.8) is 0 Å². The highest BCUT2D eigenvalue weighted by Crippen LogP contribution is 2.34. The smallest absolute Gasteiger partial charge is 0.417 e. The number of carbonyl (C=O) groups excluding carboxylic acids is 1. The molecular formula is C11H8F3NO2. The summed E-state index contributed by atoms with van der Waals surface area (Å²) < 4.78 is 42.6. The van der Waals surface area contributed by atoms with Gasteiger partial charge in [-0.25, -0.2) is 4.79 Å². The average Bonchev–Trinajstić information content (AvgIpc) is 2.72. The van der Waals surface area contributed by atoms with Gasteiger partial charge in [0.2, 0.25) is 0 Å². The molecule has 6 heteroatoms. The van der Waals surface area contributed by atoms with Crippen LogP contribution in [0, 0.1) is 0 Å². The van der Waals surface area contributed by atoms with Gasteiger partial charge in [-0.3, -0.25) is 0 Å². The van der Waals surface area contributed by atoms with E-state index in [2.05, 4.69) is 9.72 Å². The number of carbonyl (C=O) groups is 1. The summed E-state index contributed by atoms with van der Waals surface area (Å²) in [5, 5.41) is 0.526. The monoisotopic (exact) mass is 243 g/mol. The molecule has 0 aliphatic rings. The Bertz CT molecular complexity index is 572. The van der Waals surface area contributed by atoms with E-state index < -0.39 is 23.3 Å². The Morgan fingerprint density at radius 3 is 2.65 bits per heavy atom. The summed E-state index contributed by atoms with van der Waals surface area (Å²) in [7, 11) is 1.05. The number of rotatable bonds is 1. The molecule has 0 spiro atoms. The summed E-state index contributed by atoms with van der Waals surface area (Å²) in [6.45, 7) is 0. The Morgan fingerprint density at radius 1 is 1.35 bits per heavy atom. The van der Waals surface area contributed by atoms with Crippen LogP contribution in [0.5, 0.6) is 0 Å². The first-order chi connectivity index (χ1) is 7.93. The molecule has 1 aromatic carbocycles. The largest absolute Gasteiger partial charge is 0.465 e. The molecular weight excluding hydrogens is 235 g/mol. The predicted molar refractivity (Wildman–Crippen MR) is 54.6 cm³/mol. The fraction of sp³-hybridized carbons (Fsp3) is 0.182. The maximum absolute atomic E-state index is 12.8. The molecule has 2 aromatic rings. The van der Waals surface area contributed by atoms with Crippen LogP contribution in [0.2, 0.25) is 0 Å². The van der Waals surface area contributed by atoms with Crippen LogP contribution in [0.1, 0.15) is 15.9 Å². The van der Waals surface area contributed by atoms with Crippen LogP contribution >= 0.6 is 0 Å². The molecule has 0 aliphatic heterocycles. The predicted octanol–water partition coefficient (Wildman–Crippen LogP) is 2.97. The molecule has 1 N–H and O–H groups in total. The Kier molecular flexibility index (Phi) is 2.57. The second kappa shape index (κ2) is 3.80. The maximum atomic E-state index is 12.8. The quantitative estimate of drug-likeness (QED) is 0.782. The SMILES string of the molecule is COC(=O)c1cc2cc[nH]c2cc1C(F)(F)F. The summed E-state index contributed by atoms with van der Waals surface area (Å²) in [5.74, 6) is -1.000. The van der Waals surface area contributed by atoms with Gasteiger partial charge in [0.05, 0.1) is 18.2 Å². The van der Waals surface area contributed by atoms with Crippen LogP contribution in [0.25, 0.3) is 10.9 Å². The lowest BCUT2D eigenvalue weighted by atomic mass is 10.0. The highest BCUT2D eigenvalue weighted by atomic mass is 19.4. The van der Waals surface area contributed by atoms with Crippen molar-refractivity contribution in [3.05, 3.63) is 35.5 Å². The van der Waals surface area contributed by atoms with Gasteiger partial charge in [-0.15, -0.1) is 0 Å². The van der Waals surface area contributed by atoms with Crippen LogP contribution in [-0.4, -0.2) is 18.1 Å². The topological polar surface area (TPSA) is 42.1 Å². The van der Waals surface area contributed by atoms with E-state index in [1.807, 2.05) is 0 Å². The van der Waals surface area contributed by atoms with Crippen LogP contribution < -0.4 is 0 Å². The number of hydrogen-bond acceptors (Lipinski definition) is 2. The summed E-state index contributed by atoms with van der Waals surface area (Å²) in [4.78, 5) is 14.0. The highest BCUT2D eigenvalue weighted by molar-refractivity contribution is 5.96. The zero-order valence-electron chi connectivity index (χ0n) is 8.76. The molecule has 1 heterocycles. The van der Waals surface area contributed by atoms with E-state index in [0.717, 1.165) is 13.2 Å². The first kappa shape index (κ1) is 11.5. The molecule has 90 valence electrons. The van der Waals surface area contributed by atoms with Crippen molar-refractivity contribution in [1.82, 2.24) is 4.98 Å². The standard InChI is InChI=1S/C11H8F3NO2/c1-17-10(16)7-4-6-2-3-15-9(6)5-8(7)11(12,13)14/h2-5,15H,1H3. The molecule has 0 fully saturated rings. The molecule has 0 aliphatic carbocycles. The van der Waals surface area contributed by atoms with Gasteiger partial charge in [-0.2, -0.15) is 13.2 Å². The van der Waals surface area contributed by atoms with Gasteiger partial charge in [0, 0.05) is 17.1 Å². The lowest BCUT2D eigenvalue weighted by Crippen LogP contribution is -2.14. The third-order valence-electron chi connectivity index (χ3n) is 2.40. The van der Waals surface area contributed by atoms with Gasteiger partial charge in [-0.1, -0.05) is 0 Å². The molecule has 3 nitrogen and oxygen atoms in total. The minimum atomic E-state index is -4.59. The molecule has 1 aromatic heterocycles. The zero-order chi connectivity index (χ0) is 12.6. The summed E-state index contributed by atoms with van der Waals surface area (Å²) in [5.41, 5.74) is -1.16. The Balaban J connectivity index is 2.72. The van der Waals surface area contributed by atoms with E-state index in [0.29, 0.717) is 10.9 Å². The van der Waals surface area contributed by atoms with E-state index in [-0.39, 0.29) is 0 Å². The van der Waals surface area contributed by atoms with Crippen molar-refractivity contribution in [1.29, 1.82) is 0 Å². The van der Waals surface area contributed by atoms with Crippen molar-refractivity contribution in [2.24, 2.45) is 0 Å². The normalized spacial score (nSPS) is 11.8. The molecule has 2 rings (SSSR count). The van der Waals surface area contributed by atoms with Crippen LogP contribution in [0.4, 0.5) is 13.2 Å². The second-order valence-corrected chi connectivity index (χ2v) is 3.45. The fourth-order valence-electron chi connectivity index (χ4n) is 1.61. The van der Waals surface area contributed by atoms with E-state index in [1.165, 1.54) is 12.3 Å². The van der Waals surface area contributed by atoms with E-state index in [4.69, 9.17) is 0 Å². The van der Waals surface area contributed by atoms with Crippen LogP contribution in [0.3, 0.4) is 0 Å². The zero-order valence-corrected chi connectivity index (χ0v) is 8.76. The number of hydrogen-bond donors (Lipinski definition) is 1. The van der Waals surface area contributed by atoms with Crippen molar-refractivity contribution in [3.8, 4) is 0 Å². The first-order valence-corrected chi connectivity index (χ1v) is 4.70. The Hall–Kier alpha value is -1.98. The van der Waals surface area contributed by atoms with E-state index in [9.17, 15) is 18.0 Å². The molecule has 17 heavy (non-hydrogen) atoms. The number of fused-ring (bicyclic) bond motifs is 1. The maximum Gasteiger partial charge on any atom is 0.417 e. The van der Waals surface area contributed by atoms with Gasteiger partial charge < -0.3 is 9.72 Å². The van der Waals surface area contributed by atoms with E-state index in [1.54, 1.807) is 6.07 Å². The number of H-pyrrole nitrogens is 1. The van der Waals surface area contributed by atoms with Gasteiger partial charge in [0.1, 0.15) is 0 Å². The van der Waals surface area contributed by atoms with Crippen molar-refractivity contribution in [2.45, 2.75) is 6.18 Å². The Morgan fingerprint density at radius 2 is 2.06 bits per heavy atom. The molecule has 0 saturated carbocycles. The fourth-order valence-corrected chi connectivity index (χ4v) is 1.61. The molecule has 0 saturated heterocycles. The molecule has 0 bridgehead atoms. The number of nitrogens with one attached hydrogen (secondary N) is 1. The van der Waals surface area contributed by atoms with Crippen molar-refractivity contribution >= 4 is 16.9 Å². The van der Waals surface area contributed by atoms with Crippen LogP contribution in [-0.2, 0) is 10.9 Å². The summed E-state index contributed by atoms with van der Waals surface area (Å²) >= 11 is 0. The van der Waals surface area contributed by atoms with Gasteiger partial charge in [0.15, 0.2) is 0 Å². The number of aromatic amines is 1. The highest BCUT2D eigenvalue weighted by Gasteiger charge is 2.36. The van der Waals surface area contributed by atoms with Gasteiger partial charge in [-0.05, 0) is 18.2 Å². The lowest BCUT2D eigenvalue weighted by Gasteiger charge is -2.11. The summed E-state index contributed by atoms with van der Waals surface area (Å²) in [6, 6.07) is 3.66. The average molecular weight is 243 g/mol. The third-order valence-corrected chi connectivity index (χ3v) is 2.40. The van der Waals surface area contributed by atoms with Gasteiger partial charge >= 0.3 is 12.1 Å². The molecule has 0 radical (unpaired) electrons. The van der Waals surface area contributed by atoms with Crippen LogP contribution in [0.15, 0.2) is 24.4 Å². The number of methoxy groups -OCH3 is 1. The number of alkyl halides is 3. The Labute approximate surface area is 94.2 Å². The minimum absolute atomic E-state index is 0.324. The minimum Gasteiger partial charge on any atom is -0.465 e. The van der Waals surface area contributed by atoms with Gasteiger partial charge in [0.25, 0.3) is 0 Å². The summed E-state index contributed by atoms with van der Waals surface area (Å²) in [6.07, 6.45) is -3.09. The number of ether oxygens (including phenoxy) is 1.